The molecule has 3 rings (SSSR count). The van der Waals surface area contributed by atoms with Crippen LogP contribution in [0, 0.1) is 16.0 Å². The molecular formula is C37H45F3N2O10. The summed E-state index contributed by atoms with van der Waals surface area (Å²) in [6.45, 7) is 1.40. The summed E-state index contributed by atoms with van der Waals surface area (Å²) in [7, 11) is 1.39. The van der Waals surface area contributed by atoms with Crippen molar-refractivity contribution in [3.05, 3.63) is 94.1 Å². The topological polar surface area (TPSA) is 153 Å². The number of carbonyl (C=O) groups is 3. The molecule has 0 heterocycles. The number of carbonyl (C=O) groups excluding carboxylic acids is 3. The summed E-state index contributed by atoms with van der Waals surface area (Å²) in [4.78, 5) is 49.3. The number of allylic oxidation sites excluding steroid dienone is 3. The fourth-order valence-corrected chi connectivity index (χ4v) is 4.75. The first-order chi connectivity index (χ1) is 24.9. The van der Waals surface area contributed by atoms with Gasteiger partial charge in [-0.15, -0.1) is 10.1 Å². The summed E-state index contributed by atoms with van der Waals surface area (Å²) in [6.07, 6.45) is 14.0. The van der Waals surface area contributed by atoms with E-state index >= 15 is 0 Å². The minimum Gasteiger partial charge on any atom is -0.493 e. The van der Waals surface area contributed by atoms with E-state index in [-0.39, 0.29) is 42.9 Å². The van der Waals surface area contributed by atoms with E-state index in [1.165, 1.54) is 57.1 Å². The normalized spacial score (nSPS) is 13.1. The van der Waals surface area contributed by atoms with E-state index in [9.17, 15) is 37.7 Å². The van der Waals surface area contributed by atoms with Crippen molar-refractivity contribution in [2.75, 3.05) is 33.5 Å². The Morgan fingerprint density at radius 2 is 1.77 bits per heavy atom. The van der Waals surface area contributed by atoms with E-state index in [1.54, 1.807) is 12.1 Å². The van der Waals surface area contributed by atoms with Gasteiger partial charge in [-0.2, -0.15) is 13.2 Å². The number of unbranched alkanes of at least 4 members (excludes halogenated alkanes) is 1. The molecule has 0 atom stereocenters. The van der Waals surface area contributed by atoms with Gasteiger partial charge in [0.25, 0.3) is 5.09 Å². The average molecular weight is 735 g/mol. The Morgan fingerprint density at radius 1 is 1.00 bits per heavy atom. The van der Waals surface area contributed by atoms with E-state index in [0.717, 1.165) is 31.1 Å². The highest BCUT2D eigenvalue weighted by molar-refractivity contribution is 5.87. The lowest BCUT2D eigenvalue weighted by Crippen LogP contribution is -2.31. The number of alkyl halides is 3. The van der Waals surface area contributed by atoms with E-state index in [2.05, 4.69) is 22.3 Å². The van der Waals surface area contributed by atoms with Crippen molar-refractivity contribution in [1.29, 1.82) is 0 Å². The highest BCUT2D eigenvalue weighted by atomic mass is 19.4. The number of esters is 2. The van der Waals surface area contributed by atoms with Crippen molar-refractivity contribution in [1.82, 2.24) is 5.32 Å². The molecule has 0 aromatic heterocycles. The van der Waals surface area contributed by atoms with Gasteiger partial charge in [-0.25, -0.2) is 9.59 Å². The molecule has 52 heavy (non-hydrogen) atoms. The van der Waals surface area contributed by atoms with Crippen LogP contribution in [0.4, 0.5) is 13.2 Å². The fourth-order valence-electron chi connectivity index (χ4n) is 4.75. The number of nitrogens with zero attached hydrogens (tertiary/aromatic N) is 1. The molecule has 0 unspecified atom stereocenters. The smallest absolute Gasteiger partial charge is 0.416 e. The van der Waals surface area contributed by atoms with E-state index < -0.39 is 28.8 Å². The van der Waals surface area contributed by atoms with Crippen LogP contribution in [0.2, 0.25) is 0 Å². The lowest BCUT2D eigenvalue weighted by atomic mass is 10.1. The minimum atomic E-state index is -4.32. The molecule has 12 nitrogen and oxygen atoms in total. The van der Waals surface area contributed by atoms with Crippen LogP contribution in [0.3, 0.4) is 0 Å². The molecule has 0 radical (unpaired) electrons. The minimum absolute atomic E-state index is 0.150. The molecule has 1 amide bonds. The summed E-state index contributed by atoms with van der Waals surface area (Å²) in [5, 5.41) is 11.5. The van der Waals surface area contributed by atoms with Gasteiger partial charge in [-0.05, 0) is 86.9 Å². The number of halogens is 3. The molecular weight excluding hydrogens is 689 g/mol. The molecule has 1 fully saturated rings. The van der Waals surface area contributed by atoms with Crippen molar-refractivity contribution >= 4 is 23.9 Å². The van der Waals surface area contributed by atoms with Crippen LogP contribution in [0.5, 0.6) is 17.2 Å². The van der Waals surface area contributed by atoms with Crippen LogP contribution < -0.4 is 19.5 Å². The molecule has 2 aromatic carbocycles. The molecule has 1 N–H and O–H groups in total. The van der Waals surface area contributed by atoms with Gasteiger partial charge >= 0.3 is 18.1 Å². The molecule has 1 aliphatic carbocycles. The highest BCUT2D eigenvalue weighted by Crippen LogP contribution is 2.31. The summed E-state index contributed by atoms with van der Waals surface area (Å²) in [5.74, 6) is -0.266. The first-order valence-electron chi connectivity index (χ1n) is 16.8. The van der Waals surface area contributed by atoms with E-state index in [4.69, 9.17) is 18.9 Å². The molecule has 1 saturated carbocycles. The predicted molar refractivity (Wildman–Crippen MR) is 186 cm³/mol. The van der Waals surface area contributed by atoms with Crippen LogP contribution in [0.25, 0.3) is 6.08 Å². The Bertz CT molecular complexity index is 1520. The Labute approximate surface area is 300 Å². The zero-order valence-electron chi connectivity index (χ0n) is 29.2. The van der Waals surface area contributed by atoms with Crippen molar-refractivity contribution < 1.29 is 56.4 Å². The van der Waals surface area contributed by atoms with Gasteiger partial charge in [0.2, 0.25) is 5.91 Å². The third-order valence-electron chi connectivity index (χ3n) is 7.31. The SMILES string of the molecule is C/C=C\CCCC(=O)NCC(=O)Oc1ccc(/C=C/C(=O)OCCO[N+](=O)[O-])cc1OC.FC(F)(F)c1cccc(OCC/C=C/C2CCCC2)c1. The van der Waals surface area contributed by atoms with Crippen molar-refractivity contribution in [3.63, 3.8) is 0 Å². The summed E-state index contributed by atoms with van der Waals surface area (Å²) < 4.78 is 58.1. The molecule has 0 spiro atoms. The molecule has 284 valence electrons. The number of rotatable bonds is 19. The molecule has 0 aliphatic heterocycles. The zero-order chi connectivity index (χ0) is 38.2. The van der Waals surface area contributed by atoms with E-state index in [1.807, 2.05) is 19.1 Å². The maximum absolute atomic E-state index is 12.5. The second-order valence-corrected chi connectivity index (χ2v) is 11.3. The predicted octanol–water partition coefficient (Wildman–Crippen LogP) is 7.45. The highest BCUT2D eigenvalue weighted by Gasteiger charge is 2.30. The Hall–Kier alpha value is -5.34. The van der Waals surface area contributed by atoms with Crippen LogP contribution in [0.15, 0.2) is 72.8 Å². The first kappa shape index (κ1) is 42.8. The largest absolute Gasteiger partial charge is 0.493 e. The number of methoxy groups -OCH3 is 1. The third kappa shape index (κ3) is 18.6. The van der Waals surface area contributed by atoms with Crippen molar-refractivity contribution in [3.8, 4) is 17.2 Å². The fraction of sp³-hybridized carbons (Fsp3) is 0.432. The monoisotopic (exact) mass is 734 g/mol. The summed E-state index contributed by atoms with van der Waals surface area (Å²) >= 11 is 0. The van der Waals surface area contributed by atoms with Gasteiger partial charge in [0, 0.05) is 12.5 Å². The third-order valence-corrected chi connectivity index (χ3v) is 7.31. The Balaban J connectivity index is 0.000000399. The number of nitrogens with one attached hydrogen (secondary N) is 1. The van der Waals surface area contributed by atoms with Crippen molar-refractivity contribution in [2.24, 2.45) is 5.92 Å². The van der Waals surface area contributed by atoms with Crippen LogP contribution in [-0.2, 0) is 30.1 Å². The number of hydrogen-bond acceptors (Lipinski definition) is 10. The Morgan fingerprint density at radius 3 is 2.46 bits per heavy atom. The van der Waals surface area contributed by atoms with Crippen LogP contribution in [-0.4, -0.2) is 56.4 Å². The molecule has 2 aromatic rings. The standard InChI is InChI=1S/C21H26N2O9.C16H19F3O/c1-3-4-5-6-7-19(24)22-15-21(26)32-17-10-8-16(14-18(17)29-2)9-11-20(25)30-12-13-31-23(27)28;17-16(18,19)14-9-5-10-15(12-14)20-11-4-3-8-13-6-1-2-7-13/h3-4,8-11,14H,5-7,12-13,15H2,1-2H3,(H,22,24);3,5,8-10,12-13H,1-2,4,6-7,11H2/b4-3-,11-9+;8-3+. The average Bonchev–Trinajstić information content (AvgIpc) is 3.64. The maximum atomic E-state index is 12.5. The summed E-state index contributed by atoms with van der Waals surface area (Å²) in [6, 6.07) is 9.59. The molecule has 0 saturated heterocycles. The van der Waals surface area contributed by atoms with Gasteiger partial charge in [0.05, 0.1) is 19.3 Å². The van der Waals surface area contributed by atoms with Crippen LogP contribution >= 0.6 is 0 Å². The van der Waals surface area contributed by atoms with Gasteiger partial charge in [-0.1, -0.05) is 49.3 Å². The van der Waals surface area contributed by atoms with Crippen molar-refractivity contribution in [2.45, 2.75) is 64.5 Å². The molecule has 1 aliphatic rings. The lowest BCUT2D eigenvalue weighted by molar-refractivity contribution is -0.757. The molecule has 15 heteroatoms. The zero-order valence-corrected chi connectivity index (χ0v) is 29.2. The van der Waals surface area contributed by atoms with Crippen LogP contribution in [0.1, 0.15) is 69.4 Å². The quantitative estimate of drug-likeness (QED) is 0.0293. The number of hydrogen-bond donors (Lipinski definition) is 1. The van der Waals surface area contributed by atoms with Gasteiger partial charge in [0.15, 0.2) is 11.5 Å². The van der Waals surface area contributed by atoms with Gasteiger partial charge in [0.1, 0.15) is 25.5 Å². The van der Waals surface area contributed by atoms with E-state index in [0.29, 0.717) is 30.9 Å². The Kier molecular flexibility index (Phi) is 19.7. The summed E-state index contributed by atoms with van der Waals surface area (Å²) in [5.41, 5.74) is -0.119. The first-order valence-corrected chi connectivity index (χ1v) is 16.8. The number of amides is 1. The second kappa shape index (κ2) is 24.0. The maximum Gasteiger partial charge on any atom is 0.416 e. The number of benzene rings is 2. The second-order valence-electron chi connectivity index (χ2n) is 11.3. The molecule has 0 bridgehead atoms. The number of ether oxygens (including phenoxy) is 4. The van der Waals surface area contributed by atoms with Gasteiger partial charge < -0.3 is 29.1 Å². The lowest BCUT2D eigenvalue weighted by Gasteiger charge is -2.10. The van der Waals surface area contributed by atoms with Gasteiger partial charge in [-0.3, -0.25) is 4.79 Å².